The van der Waals surface area contributed by atoms with Crippen LogP contribution in [-0.4, -0.2) is 10.9 Å². The van der Waals surface area contributed by atoms with E-state index < -0.39 is 5.82 Å². The molecule has 6 heteroatoms. The van der Waals surface area contributed by atoms with Crippen molar-refractivity contribution in [2.75, 3.05) is 5.32 Å². The third kappa shape index (κ3) is 3.89. The summed E-state index contributed by atoms with van der Waals surface area (Å²) < 4.78 is 14.1. The minimum atomic E-state index is -0.403. The van der Waals surface area contributed by atoms with Crippen molar-refractivity contribution < 1.29 is 9.18 Å². The third-order valence-electron chi connectivity index (χ3n) is 3.61. The average Bonchev–Trinajstić information content (AvgIpc) is 2.53. The Labute approximate surface area is 145 Å². The predicted molar refractivity (Wildman–Crippen MR) is 95.6 cm³/mol. The van der Waals surface area contributed by atoms with Crippen molar-refractivity contribution >= 4 is 38.4 Å². The van der Waals surface area contributed by atoms with Crippen LogP contribution in [0.2, 0.25) is 0 Å². The van der Waals surface area contributed by atoms with Crippen LogP contribution in [0.4, 0.5) is 10.1 Å². The summed E-state index contributed by atoms with van der Waals surface area (Å²) in [6.07, 6.45) is 0.491. The number of carbonyl (C=O) groups excluding carboxylic acids is 1. The molecule has 24 heavy (non-hydrogen) atoms. The van der Waals surface area contributed by atoms with Crippen molar-refractivity contribution in [1.82, 2.24) is 4.98 Å². The molecule has 0 fully saturated rings. The number of anilines is 1. The summed E-state index contributed by atoms with van der Waals surface area (Å²) >= 11 is 3.34. The van der Waals surface area contributed by atoms with Gasteiger partial charge in [-0.3, -0.25) is 9.59 Å². The predicted octanol–water partition coefficient (Wildman–Crippen LogP) is 4.00. The molecule has 1 heterocycles. The van der Waals surface area contributed by atoms with Crippen LogP contribution in [0.3, 0.4) is 0 Å². The van der Waals surface area contributed by atoms with E-state index in [0.29, 0.717) is 23.2 Å². The van der Waals surface area contributed by atoms with Gasteiger partial charge in [-0.2, -0.15) is 0 Å². The molecule has 0 spiro atoms. The van der Waals surface area contributed by atoms with Crippen molar-refractivity contribution in [3.8, 4) is 0 Å². The number of aromatic amines is 1. The normalized spacial score (nSPS) is 10.8. The lowest BCUT2D eigenvalue weighted by atomic mass is 10.1. The lowest BCUT2D eigenvalue weighted by Crippen LogP contribution is -2.17. The van der Waals surface area contributed by atoms with E-state index in [-0.39, 0.29) is 17.9 Å². The molecule has 0 atom stereocenters. The lowest BCUT2D eigenvalue weighted by Gasteiger charge is -2.06. The van der Waals surface area contributed by atoms with Gasteiger partial charge >= 0.3 is 0 Å². The number of hydrogen-bond donors (Lipinski definition) is 2. The zero-order chi connectivity index (χ0) is 17.1. The molecule has 0 unspecified atom stereocenters. The Balaban J connectivity index is 1.71. The molecule has 3 rings (SSSR count). The molecule has 0 saturated carbocycles. The van der Waals surface area contributed by atoms with E-state index >= 15 is 0 Å². The third-order valence-corrected chi connectivity index (χ3v) is 4.11. The summed E-state index contributed by atoms with van der Waals surface area (Å²) in [5.41, 5.74) is 1.33. The second kappa shape index (κ2) is 6.97. The fraction of sp³-hybridized carbons (Fsp3) is 0.111. The number of aryl methyl sites for hydroxylation is 1. The van der Waals surface area contributed by atoms with Gasteiger partial charge in [-0.15, -0.1) is 0 Å². The van der Waals surface area contributed by atoms with Gasteiger partial charge in [0, 0.05) is 22.1 Å². The van der Waals surface area contributed by atoms with Crippen LogP contribution in [-0.2, 0) is 11.2 Å². The molecule has 0 saturated heterocycles. The summed E-state index contributed by atoms with van der Waals surface area (Å²) in [7, 11) is 0. The minimum Gasteiger partial charge on any atom is -0.326 e. The number of hydrogen-bond acceptors (Lipinski definition) is 2. The van der Waals surface area contributed by atoms with E-state index in [2.05, 4.69) is 26.2 Å². The molecule has 0 aliphatic rings. The highest BCUT2D eigenvalue weighted by atomic mass is 79.9. The highest BCUT2D eigenvalue weighted by Gasteiger charge is 2.08. The van der Waals surface area contributed by atoms with Gasteiger partial charge in [-0.1, -0.05) is 22.0 Å². The van der Waals surface area contributed by atoms with Gasteiger partial charge in [-0.05, 0) is 54.3 Å². The standard InChI is InChI=1S/C18H14BrFN2O2/c19-13-2-1-3-15(9-13)21-17(23)7-5-12-8-11-4-6-14(20)10-16(11)22-18(12)24/h1-4,6,8-10H,5,7H2,(H,21,23)(H,22,24). The maximum Gasteiger partial charge on any atom is 0.251 e. The first kappa shape index (κ1) is 16.4. The summed E-state index contributed by atoms with van der Waals surface area (Å²) in [6.45, 7) is 0. The van der Waals surface area contributed by atoms with Crippen molar-refractivity contribution in [3.63, 3.8) is 0 Å². The smallest absolute Gasteiger partial charge is 0.251 e. The number of rotatable bonds is 4. The van der Waals surface area contributed by atoms with Crippen LogP contribution in [0, 0.1) is 5.82 Å². The molecule has 2 N–H and O–H groups in total. The Hall–Kier alpha value is -2.47. The SMILES string of the molecule is O=C(CCc1cc2ccc(F)cc2[nH]c1=O)Nc1cccc(Br)c1. The molecule has 0 radical (unpaired) electrons. The first-order valence-electron chi connectivity index (χ1n) is 7.38. The summed E-state index contributed by atoms with van der Waals surface area (Å²) in [5, 5.41) is 3.52. The van der Waals surface area contributed by atoms with Gasteiger partial charge in [0.05, 0.1) is 5.52 Å². The van der Waals surface area contributed by atoms with Gasteiger partial charge in [-0.25, -0.2) is 4.39 Å². The topological polar surface area (TPSA) is 62.0 Å². The van der Waals surface area contributed by atoms with Crippen LogP contribution >= 0.6 is 15.9 Å². The van der Waals surface area contributed by atoms with Crippen LogP contribution in [0.25, 0.3) is 10.9 Å². The summed E-state index contributed by atoms with van der Waals surface area (Å²) in [6, 6.07) is 13.2. The molecule has 0 aliphatic heterocycles. The van der Waals surface area contributed by atoms with Crippen LogP contribution in [0.1, 0.15) is 12.0 Å². The van der Waals surface area contributed by atoms with E-state index in [0.717, 1.165) is 9.86 Å². The zero-order valence-electron chi connectivity index (χ0n) is 12.6. The number of nitrogens with one attached hydrogen (secondary N) is 2. The molecule has 1 aromatic heterocycles. The summed E-state index contributed by atoms with van der Waals surface area (Å²) in [4.78, 5) is 26.7. The number of fused-ring (bicyclic) bond motifs is 1. The van der Waals surface area contributed by atoms with Gasteiger partial charge in [0.25, 0.3) is 5.56 Å². The molecular formula is C18H14BrFN2O2. The van der Waals surface area contributed by atoms with E-state index in [1.54, 1.807) is 24.3 Å². The van der Waals surface area contributed by atoms with Crippen molar-refractivity contribution in [2.45, 2.75) is 12.8 Å². The maximum atomic E-state index is 13.2. The van der Waals surface area contributed by atoms with E-state index in [9.17, 15) is 14.0 Å². The number of benzene rings is 2. The monoisotopic (exact) mass is 388 g/mol. The highest BCUT2D eigenvalue weighted by molar-refractivity contribution is 9.10. The summed E-state index contributed by atoms with van der Waals surface area (Å²) in [5.74, 6) is -0.578. The van der Waals surface area contributed by atoms with Crippen molar-refractivity contribution in [2.24, 2.45) is 0 Å². The number of aromatic nitrogens is 1. The number of carbonyl (C=O) groups is 1. The quantitative estimate of drug-likeness (QED) is 0.709. The largest absolute Gasteiger partial charge is 0.326 e. The maximum absolute atomic E-state index is 13.2. The first-order valence-corrected chi connectivity index (χ1v) is 8.17. The Morgan fingerprint density at radius 1 is 1.17 bits per heavy atom. The Bertz CT molecular complexity index is 969. The van der Waals surface area contributed by atoms with Crippen LogP contribution in [0.5, 0.6) is 0 Å². The molecule has 1 amide bonds. The lowest BCUT2D eigenvalue weighted by molar-refractivity contribution is -0.116. The number of pyridine rings is 1. The fourth-order valence-electron chi connectivity index (χ4n) is 2.44. The molecule has 4 nitrogen and oxygen atoms in total. The van der Waals surface area contributed by atoms with Crippen molar-refractivity contribution in [3.05, 3.63) is 74.7 Å². The number of halogens is 2. The van der Waals surface area contributed by atoms with E-state index in [1.165, 1.54) is 12.1 Å². The highest BCUT2D eigenvalue weighted by Crippen LogP contribution is 2.16. The average molecular weight is 389 g/mol. The zero-order valence-corrected chi connectivity index (χ0v) is 14.2. The number of H-pyrrole nitrogens is 1. The van der Waals surface area contributed by atoms with Gasteiger partial charge in [0.1, 0.15) is 5.82 Å². The molecular weight excluding hydrogens is 375 g/mol. The molecule has 3 aromatic rings. The van der Waals surface area contributed by atoms with Gasteiger partial charge in [0.15, 0.2) is 0 Å². The fourth-order valence-corrected chi connectivity index (χ4v) is 2.84. The second-order valence-electron chi connectivity index (χ2n) is 5.41. The molecule has 122 valence electrons. The minimum absolute atomic E-state index is 0.174. The Kier molecular flexibility index (Phi) is 4.76. The van der Waals surface area contributed by atoms with Crippen LogP contribution in [0.15, 0.2) is 57.8 Å². The van der Waals surface area contributed by atoms with Gasteiger partial charge in [0.2, 0.25) is 5.91 Å². The number of amides is 1. The van der Waals surface area contributed by atoms with Gasteiger partial charge < -0.3 is 10.3 Å². The van der Waals surface area contributed by atoms with Crippen LogP contribution < -0.4 is 10.9 Å². The Morgan fingerprint density at radius 2 is 2.00 bits per heavy atom. The first-order chi connectivity index (χ1) is 11.5. The molecule has 2 aromatic carbocycles. The molecule has 0 aliphatic carbocycles. The Morgan fingerprint density at radius 3 is 2.79 bits per heavy atom. The molecule has 0 bridgehead atoms. The van der Waals surface area contributed by atoms with Crippen molar-refractivity contribution in [1.29, 1.82) is 0 Å². The second-order valence-corrected chi connectivity index (χ2v) is 6.33. The van der Waals surface area contributed by atoms with E-state index in [1.807, 2.05) is 12.1 Å². The van der Waals surface area contributed by atoms with E-state index in [4.69, 9.17) is 0 Å².